The average molecular weight is 342 g/mol. The van der Waals surface area contributed by atoms with Gasteiger partial charge in [0, 0.05) is 11.3 Å². The number of benzene rings is 2. The van der Waals surface area contributed by atoms with Crippen molar-refractivity contribution in [2.75, 3.05) is 5.73 Å². The maximum atomic E-state index is 6.27. The number of imidazole rings is 1. The molecular weight excluding hydrogens is 320 g/mol. The van der Waals surface area contributed by atoms with E-state index in [2.05, 4.69) is 52.4 Å². The van der Waals surface area contributed by atoms with Crippen molar-refractivity contribution in [2.24, 2.45) is 0 Å². The van der Waals surface area contributed by atoms with E-state index in [4.69, 9.17) is 10.7 Å². The van der Waals surface area contributed by atoms with E-state index in [0.717, 1.165) is 33.3 Å². The third-order valence-corrected chi connectivity index (χ3v) is 5.57. The van der Waals surface area contributed by atoms with Gasteiger partial charge in [0.2, 0.25) is 0 Å². The molecule has 0 spiro atoms. The second-order valence-electron chi connectivity index (χ2n) is 7.28. The van der Waals surface area contributed by atoms with E-state index in [1.807, 2.05) is 6.07 Å². The number of rotatable bonds is 2. The predicted octanol–water partition coefficient (Wildman–Crippen LogP) is 5.41. The van der Waals surface area contributed by atoms with Crippen molar-refractivity contribution in [3.05, 3.63) is 54.4 Å². The molecule has 1 fully saturated rings. The number of nitrogens with one attached hydrogen (secondary N) is 1. The summed E-state index contributed by atoms with van der Waals surface area (Å²) in [7, 11) is 0. The quantitative estimate of drug-likeness (QED) is 0.512. The van der Waals surface area contributed by atoms with Gasteiger partial charge in [-0.15, -0.1) is 0 Å². The molecule has 1 aliphatic carbocycles. The van der Waals surface area contributed by atoms with Gasteiger partial charge < -0.3 is 10.7 Å². The largest absolute Gasteiger partial charge is 0.382 e. The van der Waals surface area contributed by atoms with Crippen LogP contribution in [0, 0.1) is 0 Å². The Hall–Kier alpha value is -2.88. The van der Waals surface area contributed by atoms with E-state index >= 15 is 0 Å². The van der Waals surface area contributed by atoms with E-state index in [0.29, 0.717) is 11.7 Å². The van der Waals surface area contributed by atoms with E-state index in [1.165, 1.54) is 37.7 Å². The molecule has 4 aromatic rings. The number of hydrogen-bond acceptors (Lipinski definition) is 3. The van der Waals surface area contributed by atoms with Crippen molar-refractivity contribution >= 4 is 27.8 Å². The zero-order chi connectivity index (χ0) is 17.5. The minimum absolute atomic E-state index is 0.522. The summed E-state index contributed by atoms with van der Waals surface area (Å²) in [6.45, 7) is 0. The van der Waals surface area contributed by atoms with Crippen LogP contribution in [0.4, 0.5) is 5.82 Å². The van der Waals surface area contributed by atoms with E-state index in [9.17, 15) is 0 Å². The molecule has 2 heterocycles. The SMILES string of the molecule is Nc1nc2cc(-c3ccccc3)ccc2c2nc(C3CCCCC3)[nH]c12. The first-order chi connectivity index (χ1) is 12.8. The van der Waals surface area contributed by atoms with E-state index in [-0.39, 0.29) is 0 Å². The Labute approximate surface area is 152 Å². The van der Waals surface area contributed by atoms with Gasteiger partial charge in [0.05, 0.1) is 5.52 Å². The van der Waals surface area contributed by atoms with Crippen LogP contribution < -0.4 is 5.73 Å². The van der Waals surface area contributed by atoms with Gasteiger partial charge in [-0.25, -0.2) is 9.97 Å². The summed E-state index contributed by atoms with van der Waals surface area (Å²) in [5.74, 6) is 2.13. The average Bonchev–Trinajstić information content (AvgIpc) is 3.15. The Bertz CT molecular complexity index is 1080. The number of aromatic nitrogens is 3. The molecule has 4 nitrogen and oxygen atoms in total. The zero-order valence-electron chi connectivity index (χ0n) is 14.7. The molecule has 3 N–H and O–H groups in total. The minimum atomic E-state index is 0.522. The fourth-order valence-electron chi connectivity index (χ4n) is 4.16. The number of pyridine rings is 1. The van der Waals surface area contributed by atoms with Crippen molar-refractivity contribution < 1.29 is 0 Å². The molecule has 0 amide bonds. The number of hydrogen-bond donors (Lipinski definition) is 2. The number of nitrogens with two attached hydrogens (primary N) is 1. The number of fused-ring (bicyclic) bond motifs is 3. The monoisotopic (exact) mass is 342 g/mol. The van der Waals surface area contributed by atoms with Gasteiger partial charge in [-0.3, -0.25) is 0 Å². The molecule has 0 saturated heterocycles. The highest BCUT2D eigenvalue weighted by Gasteiger charge is 2.20. The van der Waals surface area contributed by atoms with Crippen LogP contribution in [0.1, 0.15) is 43.8 Å². The number of aromatic amines is 1. The molecule has 2 aromatic heterocycles. The van der Waals surface area contributed by atoms with Gasteiger partial charge in [0.25, 0.3) is 0 Å². The highest BCUT2D eigenvalue weighted by atomic mass is 15.0. The van der Waals surface area contributed by atoms with Gasteiger partial charge >= 0.3 is 0 Å². The lowest BCUT2D eigenvalue weighted by atomic mass is 9.89. The fourth-order valence-corrected chi connectivity index (χ4v) is 4.16. The van der Waals surface area contributed by atoms with Crippen LogP contribution in [0.2, 0.25) is 0 Å². The fraction of sp³-hybridized carbons (Fsp3) is 0.273. The zero-order valence-corrected chi connectivity index (χ0v) is 14.7. The summed E-state index contributed by atoms with van der Waals surface area (Å²) < 4.78 is 0. The van der Waals surface area contributed by atoms with Crippen LogP contribution in [0.5, 0.6) is 0 Å². The van der Waals surface area contributed by atoms with Gasteiger partial charge in [-0.05, 0) is 36.1 Å². The minimum Gasteiger partial charge on any atom is -0.382 e. The summed E-state index contributed by atoms with van der Waals surface area (Å²) in [4.78, 5) is 13.1. The first kappa shape index (κ1) is 15.4. The van der Waals surface area contributed by atoms with E-state index < -0.39 is 0 Å². The van der Waals surface area contributed by atoms with Crippen LogP contribution in [0.15, 0.2) is 48.5 Å². The van der Waals surface area contributed by atoms with Gasteiger partial charge in [0.1, 0.15) is 22.7 Å². The molecule has 5 rings (SSSR count). The summed E-state index contributed by atoms with van der Waals surface area (Å²) in [5, 5.41) is 1.06. The van der Waals surface area contributed by atoms with Crippen LogP contribution in [-0.4, -0.2) is 15.0 Å². The number of anilines is 1. The molecule has 0 bridgehead atoms. The number of H-pyrrole nitrogens is 1. The first-order valence-electron chi connectivity index (χ1n) is 9.44. The van der Waals surface area contributed by atoms with Gasteiger partial charge in [-0.1, -0.05) is 55.7 Å². The Morgan fingerprint density at radius 1 is 0.885 bits per heavy atom. The Kier molecular flexibility index (Phi) is 3.63. The van der Waals surface area contributed by atoms with Gasteiger partial charge in [-0.2, -0.15) is 0 Å². The summed E-state index contributed by atoms with van der Waals surface area (Å²) >= 11 is 0. The van der Waals surface area contributed by atoms with Crippen molar-refractivity contribution in [3.63, 3.8) is 0 Å². The van der Waals surface area contributed by atoms with Crippen LogP contribution in [0.25, 0.3) is 33.1 Å². The summed E-state index contributed by atoms with van der Waals surface area (Å²) in [5.41, 5.74) is 11.3. The molecule has 0 atom stereocenters. The van der Waals surface area contributed by atoms with Crippen molar-refractivity contribution in [2.45, 2.75) is 38.0 Å². The Balaban J connectivity index is 1.66. The normalized spacial score (nSPS) is 15.7. The molecule has 0 radical (unpaired) electrons. The second-order valence-corrected chi connectivity index (χ2v) is 7.28. The molecule has 0 aliphatic heterocycles. The standard InChI is InChI=1S/C22H22N4/c23-21-20-19(25-22(26-20)15-9-5-2-6-10-15)17-12-11-16(13-18(17)24-21)14-7-3-1-4-8-14/h1,3-4,7-8,11-13,15H,2,5-6,9-10H2,(H2,23,24)(H,25,26). The lowest BCUT2D eigenvalue weighted by Crippen LogP contribution is -2.05. The third-order valence-electron chi connectivity index (χ3n) is 5.57. The predicted molar refractivity (Wildman–Crippen MR) is 107 cm³/mol. The lowest BCUT2D eigenvalue weighted by molar-refractivity contribution is 0.431. The Morgan fingerprint density at radius 3 is 2.50 bits per heavy atom. The molecule has 4 heteroatoms. The van der Waals surface area contributed by atoms with Crippen molar-refractivity contribution in [3.8, 4) is 11.1 Å². The van der Waals surface area contributed by atoms with Crippen LogP contribution >= 0.6 is 0 Å². The maximum absolute atomic E-state index is 6.27. The van der Waals surface area contributed by atoms with Crippen LogP contribution in [0.3, 0.4) is 0 Å². The second kappa shape index (κ2) is 6.13. The smallest absolute Gasteiger partial charge is 0.150 e. The lowest BCUT2D eigenvalue weighted by Gasteiger charge is -2.18. The molecule has 26 heavy (non-hydrogen) atoms. The molecule has 0 unspecified atom stereocenters. The van der Waals surface area contributed by atoms with E-state index in [1.54, 1.807) is 0 Å². The summed E-state index contributed by atoms with van der Waals surface area (Å²) in [6.07, 6.45) is 6.34. The Morgan fingerprint density at radius 2 is 1.69 bits per heavy atom. The summed E-state index contributed by atoms with van der Waals surface area (Å²) in [6, 6.07) is 16.7. The van der Waals surface area contributed by atoms with Crippen molar-refractivity contribution in [1.29, 1.82) is 0 Å². The topological polar surface area (TPSA) is 67.6 Å². The van der Waals surface area contributed by atoms with Crippen molar-refractivity contribution in [1.82, 2.24) is 15.0 Å². The highest BCUT2D eigenvalue weighted by Crippen LogP contribution is 2.35. The number of nitrogens with zero attached hydrogens (tertiary/aromatic N) is 2. The van der Waals surface area contributed by atoms with Gasteiger partial charge in [0.15, 0.2) is 0 Å². The highest BCUT2D eigenvalue weighted by molar-refractivity contribution is 6.07. The first-order valence-corrected chi connectivity index (χ1v) is 9.44. The number of nitrogen functional groups attached to an aromatic ring is 1. The third kappa shape index (κ3) is 2.53. The molecule has 130 valence electrons. The molecule has 1 aliphatic rings. The maximum Gasteiger partial charge on any atom is 0.150 e. The molecular formula is C22H22N4. The van der Waals surface area contributed by atoms with Crippen LogP contribution in [-0.2, 0) is 0 Å². The molecule has 1 saturated carbocycles. The molecule has 2 aromatic carbocycles.